The molecule has 2 unspecified atom stereocenters. The second kappa shape index (κ2) is 2.67. The van der Waals surface area contributed by atoms with E-state index in [2.05, 4.69) is 25.3 Å². The quantitative estimate of drug-likeness (QED) is 0.491. The Kier molecular flexibility index (Phi) is 1.88. The third kappa shape index (κ3) is 1.32. The van der Waals surface area contributed by atoms with Crippen molar-refractivity contribution < 1.29 is 0 Å². The van der Waals surface area contributed by atoms with Crippen molar-refractivity contribution in [2.45, 2.75) is 6.42 Å². The summed E-state index contributed by atoms with van der Waals surface area (Å²) in [6.07, 6.45) is 9.53. The second-order valence-corrected chi connectivity index (χ2v) is 2.42. The van der Waals surface area contributed by atoms with Gasteiger partial charge in [-0.15, -0.1) is 13.2 Å². The van der Waals surface area contributed by atoms with Gasteiger partial charge in [0.25, 0.3) is 0 Å². The van der Waals surface area contributed by atoms with E-state index in [0.29, 0.717) is 11.8 Å². The number of allylic oxidation sites excluding steroid dienone is 4. The molecular weight excluding hydrogens is 108 g/mol. The standard InChI is InChI=1S/C9H12/c1-3-8-5-6-9(4-2)7-8/h3-6,8-9H,1-2,7H2. The Morgan fingerprint density at radius 1 is 1.11 bits per heavy atom. The molecule has 1 rings (SSSR count). The van der Waals surface area contributed by atoms with Crippen LogP contribution < -0.4 is 0 Å². The van der Waals surface area contributed by atoms with E-state index in [0.717, 1.165) is 0 Å². The largest absolute Gasteiger partial charge is 0.102 e. The highest BCUT2D eigenvalue weighted by molar-refractivity contribution is 5.11. The molecule has 0 N–H and O–H groups in total. The Balaban J connectivity index is 2.48. The minimum atomic E-state index is 0.591. The fraction of sp³-hybridized carbons (Fsp3) is 0.333. The molecule has 0 saturated carbocycles. The predicted octanol–water partition coefficient (Wildman–Crippen LogP) is 2.55. The lowest BCUT2D eigenvalue weighted by molar-refractivity contribution is 0.679. The van der Waals surface area contributed by atoms with Gasteiger partial charge >= 0.3 is 0 Å². The molecular formula is C9H12. The van der Waals surface area contributed by atoms with Crippen molar-refractivity contribution in [3.63, 3.8) is 0 Å². The molecule has 48 valence electrons. The van der Waals surface area contributed by atoms with Crippen LogP contribution in [-0.2, 0) is 0 Å². The van der Waals surface area contributed by atoms with E-state index in [1.54, 1.807) is 0 Å². The number of hydrogen-bond donors (Lipinski definition) is 0. The van der Waals surface area contributed by atoms with Gasteiger partial charge in [-0.1, -0.05) is 24.3 Å². The normalized spacial score (nSPS) is 32.4. The maximum atomic E-state index is 3.73. The van der Waals surface area contributed by atoms with Gasteiger partial charge < -0.3 is 0 Å². The van der Waals surface area contributed by atoms with Crippen molar-refractivity contribution in [2.24, 2.45) is 11.8 Å². The highest BCUT2D eigenvalue weighted by atomic mass is 14.2. The topological polar surface area (TPSA) is 0 Å². The zero-order chi connectivity index (χ0) is 6.69. The first-order valence-electron chi connectivity index (χ1n) is 3.30. The molecule has 0 fully saturated rings. The number of hydrogen-bond acceptors (Lipinski definition) is 0. The molecule has 2 atom stereocenters. The molecule has 0 aromatic heterocycles. The van der Waals surface area contributed by atoms with Crippen LogP contribution in [0.4, 0.5) is 0 Å². The molecule has 0 heteroatoms. The number of rotatable bonds is 2. The molecule has 0 aromatic carbocycles. The molecule has 0 bridgehead atoms. The Morgan fingerprint density at radius 2 is 1.56 bits per heavy atom. The van der Waals surface area contributed by atoms with Gasteiger partial charge in [-0.3, -0.25) is 0 Å². The lowest BCUT2D eigenvalue weighted by Crippen LogP contribution is -1.90. The van der Waals surface area contributed by atoms with Crippen LogP contribution in [0.15, 0.2) is 37.5 Å². The molecule has 1 aliphatic carbocycles. The van der Waals surface area contributed by atoms with Gasteiger partial charge in [0.1, 0.15) is 0 Å². The van der Waals surface area contributed by atoms with Crippen LogP contribution in [-0.4, -0.2) is 0 Å². The Morgan fingerprint density at radius 3 is 1.78 bits per heavy atom. The minimum absolute atomic E-state index is 0.591. The summed E-state index contributed by atoms with van der Waals surface area (Å²) in [5, 5.41) is 0. The van der Waals surface area contributed by atoms with E-state index in [9.17, 15) is 0 Å². The lowest BCUT2D eigenvalue weighted by Gasteiger charge is -2.00. The van der Waals surface area contributed by atoms with Gasteiger partial charge in [-0.25, -0.2) is 0 Å². The fourth-order valence-electron chi connectivity index (χ4n) is 1.11. The third-order valence-electron chi connectivity index (χ3n) is 1.76. The summed E-state index contributed by atoms with van der Waals surface area (Å²) in [5.74, 6) is 1.18. The van der Waals surface area contributed by atoms with Crippen LogP contribution in [0.2, 0.25) is 0 Å². The summed E-state index contributed by atoms with van der Waals surface area (Å²) in [6.45, 7) is 7.45. The molecule has 0 nitrogen and oxygen atoms in total. The molecule has 0 radical (unpaired) electrons. The summed E-state index contributed by atoms with van der Waals surface area (Å²) < 4.78 is 0. The maximum absolute atomic E-state index is 3.73. The van der Waals surface area contributed by atoms with Gasteiger partial charge in [0.05, 0.1) is 0 Å². The molecule has 0 spiro atoms. The van der Waals surface area contributed by atoms with Gasteiger partial charge in [0, 0.05) is 0 Å². The van der Waals surface area contributed by atoms with E-state index in [4.69, 9.17) is 0 Å². The third-order valence-corrected chi connectivity index (χ3v) is 1.76. The molecule has 9 heavy (non-hydrogen) atoms. The monoisotopic (exact) mass is 120 g/mol. The summed E-state index contributed by atoms with van der Waals surface area (Å²) in [7, 11) is 0. The minimum Gasteiger partial charge on any atom is -0.102 e. The summed E-state index contributed by atoms with van der Waals surface area (Å²) in [5.41, 5.74) is 0. The predicted molar refractivity (Wildman–Crippen MR) is 41.1 cm³/mol. The van der Waals surface area contributed by atoms with Gasteiger partial charge in [-0.05, 0) is 18.3 Å². The highest BCUT2D eigenvalue weighted by Gasteiger charge is 2.11. The molecule has 0 amide bonds. The van der Waals surface area contributed by atoms with E-state index in [-0.39, 0.29) is 0 Å². The molecule has 0 heterocycles. The molecule has 0 aromatic rings. The van der Waals surface area contributed by atoms with E-state index in [1.165, 1.54) is 6.42 Å². The van der Waals surface area contributed by atoms with Crippen LogP contribution in [0.25, 0.3) is 0 Å². The van der Waals surface area contributed by atoms with Crippen LogP contribution in [0.1, 0.15) is 6.42 Å². The maximum Gasteiger partial charge on any atom is -0.00474 e. The molecule has 0 saturated heterocycles. The SMILES string of the molecule is C=CC1C=CC(C=C)C1. The zero-order valence-corrected chi connectivity index (χ0v) is 5.59. The van der Waals surface area contributed by atoms with Gasteiger partial charge in [-0.2, -0.15) is 0 Å². The Labute approximate surface area is 56.6 Å². The van der Waals surface area contributed by atoms with Gasteiger partial charge in [0.15, 0.2) is 0 Å². The first-order chi connectivity index (χ1) is 4.36. The Hall–Kier alpha value is -0.780. The zero-order valence-electron chi connectivity index (χ0n) is 5.59. The second-order valence-electron chi connectivity index (χ2n) is 2.42. The van der Waals surface area contributed by atoms with Crippen molar-refractivity contribution in [1.82, 2.24) is 0 Å². The van der Waals surface area contributed by atoms with Crippen molar-refractivity contribution >= 4 is 0 Å². The van der Waals surface area contributed by atoms with E-state index in [1.807, 2.05) is 12.2 Å². The first kappa shape index (κ1) is 6.34. The van der Waals surface area contributed by atoms with Crippen LogP contribution >= 0.6 is 0 Å². The summed E-state index contributed by atoms with van der Waals surface area (Å²) >= 11 is 0. The lowest BCUT2D eigenvalue weighted by atomic mass is 10.0. The smallest absolute Gasteiger partial charge is 0.00474 e. The first-order valence-corrected chi connectivity index (χ1v) is 3.30. The van der Waals surface area contributed by atoms with Crippen molar-refractivity contribution in [2.75, 3.05) is 0 Å². The van der Waals surface area contributed by atoms with Crippen molar-refractivity contribution in [1.29, 1.82) is 0 Å². The van der Waals surface area contributed by atoms with Crippen LogP contribution in [0.5, 0.6) is 0 Å². The average molecular weight is 120 g/mol. The van der Waals surface area contributed by atoms with Crippen LogP contribution in [0, 0.1) is 11.8 Å². The Bertz CT molecular complexity index is 126. The van der Waals surface area contributed by atoms with E-state index < -0.39 is 0 Å². The van der Waals surface area contributed by atoms with Crippen molar-refractivity contribution in [3.05, 3.63) is 37.5 Å². The highest BCUT2D eigenvalue weighted by Crippen LogP contribution is 2.24. The van der Waals surface area contributed by atoms with Gasteiger partial charge in [0.2, 0.25) is 0 Å². The average Bonchev–Trinajstić information content (AvgIpc) is 2.34. The summed E-state index contributed by atoms with van der Waals surface area (Å²) in [4.78, 5) is 0. The fourth-order valence-corrected chi connectivity index (χ4v) is 1.11. The molecule has 0 aliphatic heterocycles. The molecule has 1 aliphatic rings. The van der Waals surface area contributed by atoms with E-state index >= 15 is 0 Å². The van der Waals surface area contributed by atoms with Crippen LogP contribution in [0.3, 0.4) is 0 Å². The van der Waals surface area contributed by atoms with Crippen molar-refractivity contribution in [3.8, 4) is 0 Å². The summed E-state index contributed by atoms with van der Waals surface area (Å²) in [6, 6.07) is 0.